The van der Waals surface area contributed by atoms with Crippen LogP contribution in [0.2, 0.25) is 10.0 Å². The van der Waals surface area contributed by atoms with Crippen molar-refractivity contribution in [3.05, 3.63) is 28.2 Å². The number of morpholine rings is 1. The van der Waals surface area contributed by atoms with Gasteiger partial charge in [0.25, 0.3) is 0 Å². The van der Waals surface area contributed by atoms with Crippen LogP contribution >= 0.6 is 23.2 Å². The standard InChI is InChI=1S/C13H17Cl2N3O3S/c1-8-6-18(7-9(2)21-8)13(16)17-22(19,20)10-3-4-11(14)12(15)5-10/h3-5,8-9H,6-7H2,1-2H3,(H2,16,17)/p+1/t8-,9+. The van der Waals surface area contributed by atoms with Crippen LogP contribution in [-0.2, 0) is 14.8 Å². The molecule has 122 valence electrons. The Labute approximate surface area is 139 Å². The van der Waals surface area contributed by atoms with E-state index in [0.29, 0.717) is 13.1 Å². The van der Waals surface area contributed by atoms with Gasteiger partial charge in [-0.2, -0.15) is 13.1 Å². The first-order valence-electron chi connectivity index (χ1n) is 6.69. The van der Waals surface area contributed by atoms with E-state index in [9.17, 15) is 8.42 Å². The van der Waals surface area contributed by atoms with Gasteiger partial charge in [-0.3, -0.25) is 10.3 Å². The molecule has 1 aliphatic heterocycles. The van der Waals surface area contributed by atoms with Crippen LogP contribution in [0.25, 0.3) is 0 Å². The van der Waals surface area contributed by atoms with E-state index in [2.05, 4.69) is 4.72 Å². The van der Waals surface area contributed by atoms with Gasteiger partial charge in [0.1, 0.15) is 4.90 Å². The molecular weight excluding hydrogens is 349 g/mol. The van der Waals surface area contributed by atoms with Crippen LogP contribution in [-0.4, -0.2) is 44.3 Å². The first-order valence-corrected chi connectivity index (χ1v) is 8.93. The molecule has 1 saturated heterocycles. The zero-order valence-electron chi connectivity index (χ0n) is 12.2. The summed E-state index contributed by atoms with van der Waals surface area (Å²) in [7, 11) is -3.82. The summed E-state index contributed by atoms with van der Waals surface area (Å²) in [6.45, 7) is 4.84. The number of halogens is 2. The SMILES string of the molecule is C[C@@H]1C[N+](=C(N)NS(=O)(=O)c2ccc(Cl)c(Cl)c2)C[C@H](C)O1. The van der Waals surface area contributed by atoms with E-state index >= 15 is 0 Å². The third kappa shape index (κ3) is 4.04. The van der Waals surface area contributed by atoms with Gasteiger partial charge in [0.2, 0.25) is 0 Å². The molecule has 6 nitrogen and oxygen atoms in total. The fourth-order valence-electron chi connectivity index (χ4n) is 2.28. The van der Waals surface area contributed by atoms with E-state index in [0.717, 1.165) is 0 Å². The summed E-state index contributed by atoms with van der Waals surface area (Å²) < 4.78 is 34.4. The highest BCUT2D eigenvalue weighted by Crippen LogP contribution is 2.24. The monoisotopic (exact) mass is 366 g/mol. The summed E-state index contributed by atoms with van der Waals surface area (Å²) >= 11 is 11.6. The zero-order valence-corrected chi connectivity index (χ0v) is 14.5. The minimum absolute atomic E-state index is 0.000735. The summed E-state index contributed by atoms with van der Waals surface area (Å²) in [4.78, 5) is -0.000735. The van der Waals surface area contributed by atoms with Crippen LogP contribution in [0, 0.1) is 0 Å². The second kappa shape index (κ2) is 6.62. The van der Waals surface area contributed by atoms with Gasteiger partial charge >= 0.3 is 16.0 Å². The molecule has 0 saturated carbocycles. The second-order valence-corrected chi connectivity index (χ2v) is 7.73. The van der Waals surface area contributed by atoms with Crippen LogP contribution < -0.4 is 10.5 Å². The quantitative estimate of drug-likeness (QED) is 0.612. The van der Waals surface area contributed by atoms with Crippen LogP contribution in [0.3, 0.4) is 0 Å². The van der Waals surface area contributed by atoms with E-state index in [-0.39, 0.29) is 33.1 Å². The van der Waals surface area contributed by atoms with Crippen molar-refractivity contribution < 1.29 is 17.7 Å². The minimum atomic E-state index is -3.82. The van der Waals surface area contributed by atoms with Crippen molar-refractivity contribution in [1.29, 1.82) is 0 Å². The molecule has 0 aliphatic carbocycles. The first-order chi connectivity index (χ1) is 10.2. The lowest BCUT2D eigenvalue weighted by Crippen LogP contribution is -2.50. The topological polar surface area (TPSA) is 84.4 Å². The summed E-state index contributed by atoms with van der Waals surface area (Å²) in [5.41, 5.74) is 5.90. The molecule has 22 heavy (non-hydrogen) atoms. The number of nitrogens with one attached hydrogen (secondary N) is 1. The van der Waals surface area contributed by atoms with Crippen molar-refractivity contribution in [1.82, 2.24) is 4.72 Å². The van der Waals surface area contributed by atoms with Gasteiger partial charge in [0.15, 0.2) is 0 Å². The molecule has 0 unspecified atom stereocenters. The average molecular weight is 367 g/mol. The Morgan fingerprint density at radius 1 is 1.27 bits per heavy atom. The van der Waals surface area contributed by atoms with Crippen molar-refractivity contribution >= 4 is 39.2 Å². The molecule has 0 bridgehead atoms. The number of rotatable bonds is 2. The molecule has 1 fully saturated rings. The Balaban J connectivity index is 2.25. The summed E-state index contributed by atoms with van der Waals surface area (Å²) in [6.07, 6.45) is -0.0615. The fourth-order valence-corrected chi connectivity index (χ4v) is 3.69. The Bertz CT molecular complexity index is 694. The molecule has 0 radical (unpaired) electrons. The first kappa shape index (κ1) is 17.3. The van der Waals surface area contributed by atoms with Gasteiger partial charge in [-0.05, 0) is 32.0 Å². The maximum atomic E-state index is 12.3. The third-order valence-corrected chi connectivity index (χ3v) is 5.29. The lowest BCUT2D eigenvalue weighted by Gasteiger charge is -2.27. The highest BCUT2D eigenvalue weighted by molar-refractivity contribution is 7.90. The van der Waals surface area contributed by atoms with Crippen molar-refractivity contribution in [3.63, 3.8) is 0 Å². The highest BCUT2D eigenvalue weighted by Gasteiger charge is 2.27. The highest BCUT2D eigenvalue weighted by atomic mass is 35.5. The zero-order chi connectivity index (χ0) is 16.5. The van der Waals surface area contributed by atoms with Crippen molar-refractivity contribution in [3.8, 4) is 0 Å². The van der Waals surface area contributed by atoms with Gasteiger partial charge in [-0.25, -0.2) is 0 Å². The number of hydrogen-bond donors (Lipinski definition) is 2. The van der Waals surface area contributed by atoms with Crippen molar-refractivity contribution in [2.45, 2.75) is 31.0 Å². The van der Waals surface area contributed by atoms with E-state index < -0.39 is 10.0 Å². The third-order valence-electron chi connectivity index (χ3n) is 3.20. The van der Waals surface area contributed by atoms with Gasteiger partial charge < -0.3 is 4.74 Å². The maximum Gasteiger partial charge on any atom is 0.358 e. The van der Waals surface area contributed by atoms with E-state index in [4.69, 9.17) is 33.7 Å². The number of sulfonamides is 1. The molecule has 1 aliphatic rings. The lowest BCUT2D eigenvalue weighted by molar-refractivity contribution is -0.568. The second-order valence-electron chi connectivity index (χ2n) is 5.23. The summed E-state index contributed by atoms with van der Waals surface area (Å²) in [5.74, 6) is 0.0630. The van der Waals surface area contributed by atoms with Crippen LogP contribution in [0.1, 0.15) is 13.8 Å². The Morgan fingerprint density at radius 3 is 2.41 bits per heavy atom. The Morgan fingerprint density at radius 2 is 1.86 bits per heavy atom. The van der Waals surface area contributed by atoms with Crippen LogP contribution in [0.4, 0.5) is 0 Å². The lowest BCUT2D eigenvalue weighted by atomic mass is 10.2. The molecule has 0 amide bonds. The largest absolute Gasteiger partial charge is 0.369 e. The normalized spacial score (nSPS) is 24.9. The van der Waals surface area contributed by atoms with E-state index in [1.54, 1.807) is 4.58 Å². The number of ether oxygens (including phenoxy) is 1. The molecule has 0 spiro atoms. The van der Waals surface area contributed by atoms with Crippen molar-refractivity contribution in [2.75, 3.05) is 13.1 Å². The predicted octanol–water partition coefficient (Wildman–Crippen LogP) is 1.41. The number of hydrogen-bond acceptors (Lipinski definition) is 3. The summed E-state index contributed by atoms with van der Waals surface area (Å²) in [6, 6.07) is 4.08. The molecule has 3 N–H and O–H groups in total. The average Bonchev–Trinajstić information content (AvgIpc) is 2.40. The molecule has 2 atom stereocenters. The molecule has 1 heterocycles. The molecule has 1 aromatic carbocycles. The number of guanidine groups is 1. The molecule has 9 heteroatoms. The summed E-state index contributed by atoms with van der Waals surface area (Å²) in [5, 5.41) is 0.449. The number of nitrogens with zero attached hydrogens (tertiary/aromatic N) is 1. The van der Waals surface area contributed by atoms with Crippen molar-refractivity contribution in [2.24, 2.45) is 5.73 Å². The molecular formula is C13H18Cl2N3O3S+. The van der Waals surface area contributed by atoms with Gasteiger partial charge in [-0.15, -0.1) is 0 Å². The molecule has 0 aromatic heterocycles. The van der Waals surface area contributed by atoms with Crippen LogP contribution in [0.5, 0.6) is 0 Å². The Hall–Kier alpha value is -1.02. The number of benzene rings is 1. The van der Waals surface area contributed by atoms with Gasteiger partial charge in [0.05, 0.1) is 35.3 Å². The molecule has 1 aromatic rings. The number of nitrogens with two attached hydrogens (primary N) is 1. The van der Waals surface area contributed by atoms with Gasteiger partial charge in [-0.1, -0.05) is 23.2 Å². The maximum absolute atomic E-state index is 12.3. The van der Waals surface area contributed by atoms with E-state index in [1.807, 2.05) is 13.8 Å². The predicted molar refractivity (Wildman–Crippen MR) is 86.0 cm³/mol. The minimum Gasteiger partial charge on any atom is -0.369 e. The smallest absolute Gasteiger partial charge is 0.358 e. The fraction of sp³-hybridized carbons (Fsp3) is 0.462. The van der Waals surface area contributed by atoms with E-state index in [1.165, 1.54) is 18.2 Å². The van der Waals surface area contributed by atoms with Crippen LogP contribution in [0.15, 0.2) is 23.1 Å². The van der Waals surface area contributed by atoms with Gasteiger partial charge in [0, 0.05) is 0 Å². The molecule has 2 rings (SSSR count). The Kier molecular flexibility index (Phi) is 5.21.